The molecule has 4 heteroatoms. The van der Waals surface area contributed by atoms with Crippen LogP contribution in [0.2, 0.25) is 0 Å². The van der Waals surface area contributed by atoms with Crippen molar-refractivity contribution in [2.24, 2.45) is 0 Å². The topological polar surface area (TPSA) is 34.1 Å². The summed E-state index contributed by atoms with van der Waals surface area (Å²) in [6.45, 7) is 2.41. The van der Waals surface area contributed by atoms with Gasteiger partial charge in [-0.05, 0) is 30.3 Å². The monoisotopic (exact) mass is 320 g/mol. The number of hydrogen-bond acceptors (Lipinski definition) is 3. The predicted octanol–water partition coefficient (Wildman–Crippen LogP) is 3.06. The molecule has 0 amide bonds. The molecule has 0 saturated heterocycles. The molecule has 0 fully saturated rings. The highest BCUT2D eigenvalue weighted by atomic mass is 79.9. The SMILES string of the molecule is Brc1cccc(OCCNCCc2ccccn2)c1. The highest BCUT2D eigenvalue weighted by molar-refractivity contribution is 9.10. The van der Waals surface area contributed by atoms with E-state index in [1.807, 2.05) is 48.7 Å². The van der Waals surface area contributed by atoms with Gasteiger partial charge in [-0.25, -0.2) is 0 Å². The fraction of sp³-hybridized carbons (Fsp3) is 0.267. The Kier molecular flexibility index (Phi) is 5.85. The van der Waals surface area contributed by atoms with Gasteiger partial charge in [0.15, 0.2) is 0 Å². The van der Waals surface area contributed by atoms with E-state index < -0.39 is 0 Å². The van der Waals surface area contributed by atoms with Gasteiger partial charge in [-0.1, -0.05) is 28.1 Å². The van der Waals surface area contributed by atoms with E-state index >= 15 is 0 Å². The molecular weight excluding hydrogens is 304 g/mol. The van der Waals surface area contributed by atoms with Crippen LogP contribution in [-0.4, -0.2) is 24.7 Å². The molecule has 0 spiro atoms. The molecule has 0 radical (unpaired) electrons. The molecular formula is C15H17BrN2O. The molecule has 2 rings (SSSR count). The summed E-state index contributed by atoms with van der Waals surface area (Å²) in [6.07, 6.45) is 2.77. The molecule has 1 aromatic heterocycles. The molecule has 19 heavy (non-hydrogen) atoms. The zero-order chi connectivity index (χ0) is 13.3. The Balaban J connectivity index is 1.58. The van der Waals surface area contributed by atoms with Crippen LogP contribution in [0.3, 0.4) is 0 Å². The Hall–Kier alpha value is -1.39. The van der Waals surface area contributed by atoms with E-state index in [0.29, 0.717) is 6.61 Å². The van der Waals surface area contributed by atoms with Gasteiger partial charge in [0.05, 0.1) is 0 Å². The van der Waals surface area contributed by atoms with E-state index in [1.165, 1.54) is 0 Å². The van der Waals surface area contributed by atoms with Crippen molar-refractivity contribution in [2.45, 2.75) is 6.42 Å². The molecule has 0 aliphatic heterocycles. The van der Waals surface area contributed by atoms with Gasteiger partial charge >= 0.3 is 0 Å². The second-order valence-corrected chi connectivity index (χ2v) is 5.04. The third-order valence-electron chi connectivity index (χ3n) is 2.63. The fourth-order valence-corrected chi connectivity index (χ4v) is 2.06. The first-order valence-corrected chi connectivity index (χ1v) is 7.13. The van der Waals surface area contributed by atoms with Crippen molar-refractivity contribution in [3.8, 4) is 5.75 Å². The molecule has 1 N–H and O–H groups in total. The minimum Gasteiger partial charge on any atom is -0.492 e. The predicted molar refractivity (Wildman–Crippen MR) is 80.4 cm³/mol. The van der Waals surface area contributed by atoms with Gasteiger partial charge < -0.3 is 10.1 Å². The molecule has 100 valence electrons. The zero-order valence-electron chi connectivity index (χ0n) is 10.7. The number of hydrogen-bond donors (Lipinski definition) is 1. The van der Waals surface area contributed by atoms with Crippen molar-refractivity contribution in [1.29, 1.82) is 0 Å². The summed E-state index contributed by atoms with van der Waals surface area (Å²) in [4.78, 5) is 4.28. The van der Waals surface area contributed by atoms with Gasteiger partial charge in [-0.3, -0.25) is 4.98 Å². The van der Waals surface area contributed by atoms with E-state index in [-0.39, 0.29) is 0 Å². The molecule has 0 saturated carbocycles. The van der Waals surface area contributed by atoms with E-state index in [9.17, 15) is 0 Å². The first-order valence-electron chi connectivity index (χ1n) is 6.33. The Morgan fingerprint density at radius 1 is 1.11 bits per heavy atom. The second-order valence-electron chi connectivity index (χ2n) is 4.13. The van der Waals surface area contributed by atoms with E-state index in [1.54, 1.807) is 0 Å². The number of aromatic nitrogens is 1. The Morgan fingerprint density at radius 2 is 2.05 bits per heavy atom. The Morgan fingerprint density at radius 3 is 2.84 bits per heavy atom. The quantitative estimate of drug-likeness (QED) is 0.796. The highest BCUT2D eigenvalue weighted by Crippen LogP contribution is 2.17. The molecule has 2 aromatic rings. The van der Waals surface area contributed by atoms with Crippen molar-refractivity contribution in [3.63, 3.8) is 0 Å². The van der Waals surface area contributed by atoms with Crippen LogP contribution in [0.15, 0.2) is 53.1 Å². The van der Waals surface area contributed by atoms with Gasteiger partial charge in [-0.15, -0.1) is 0 Å². The van der Waals surface area contributed by atoms with E-state index in [2.05, 4.69) is 26.2 Å². The molecule has 0 atom stereocenters. The summed E-state index contributed by atoms with van der Waals surface area (Å²) in [5.74, 6) is 0.890. The lowest BCUT2D eigenvalue weighted by molar-refractivity contribution is 0.314. The van der Waals surface area contributed by atoms with Crippen LogP contribution in [-0.2, 0) is 6.42 Å². The smallest absolute Gasteiger partial charge is 0.120 e. The van der Waals surface area contributed by atoms with Crippen LogP contribution in [0, 0.1) is 0 Å². The Labute approximate surface area is 122 Å². The Bertz CT molecular complexity index is 491. The van der Waals surface area contributed by atoms with Crippen molar-refractivity contribution in [3.05, 3.63) is 58.8 Å². The lowest BCUT2D eigenvalue weighted by Gasteiger charge is -2.07. The van der Waals surface area contributed by atoms with Crippen molar-refractivity contribution >= 4 is 15.9 Å². The number of halogens is 1. The summed E-state index contributed by atoms with van der Waals surface area (Å²) in [5.41, 5.74) is 1.11. The molecule has 0 unspecified atom stereocenters. The average Bonchev–Trinajstić information content (AvgIpc) is 2.44. The van der Waals surface area contributed by atoms with Crippen molar-refractivity contribution in [1.82, 2.24) is 10.3 Å². The molecule has 0 aliphatic carbocycles. The van der Waals surface area contributed by atoms with Gasteiger partial charge in [0, 0.05) is 35.9 Å². The van der Waals surface area contributed by atoms with Gasteiger partial charge in [0.1, 0.15) is 12.4 Å². The minimum atomic E-state index is 0.665. The third-order valence-corrected chi connectivity index (χ3v) is 3.12. The number of nitrogens with zero attached hydrogens (tertiary/aromatic N) is 1. The summed E-state index contributed by atoms with van der Waals surface area (Å²) in [5, 5.41) is 3.34. The summed E-state index contributed by atoms with van der Waals surface area (Å²) >= 11 is 3.42. The summed E-state index contributed by atoms with van der Waals surface area (Å²) in [6, 6.07) is 13.9. The number of ether oxygens (including phenoxy) is 1. The van der Waals surface area contributed by atoms with E-state index in [0.717, 1.165) is 35.4 Å². The first kappa shape index (κ1) is 14.0. The van der Waals surface area contributed by atoms with Crippen LogP contribution in [0.4, 0.5) is 0 Å². The average molecular weight is 321 g/mol. The largest absolute Gasteiger partial charge is 0.492 e. The number of pyridine rings is 1. The van der Waals surface area contributed by atoms with Gasteiger partial charge in [0.2, 0.25) is 0 Å². The van der Waals surface area contributed by atoms with Crippen LogP contribution < -0.4 is 10.1 Å². The van der Waals surface area contributed by atoms with Crippen molar-refractivity contribution in [2.75, 3.05) is 19.7 Å². The first-order chi connectivity index (χ1) is 9.34. The number of nitrogens with one attached hydrogen (secondary N) is 1. The van der Waals surface area contributed by atoms with Crippen LogP contribution >= 0.6 is 15.9 Å². The van der Waals surface area contributed by atoms with Crippen LogP contribution in [0.25, 0.3) is 0 Å². The van der Waals surface area contributed by atoms with Gasteiger partial charge in [0.25, 0.3) is 0 Å². The molecule has 1 aromatic carbocycles. The fourth-order valence-electron chi connectivity index (χ4n) is 1.69. The molecule has 1 heterocycles. The number of rotatable bonds is 7. The van der Waals surface area contributed by atoms with Crippen LogP contribution in [0.5, 0.6) is 5.75 Å². The molecule has 0 aliphatic rings. The molecule has 3 nitrogen and oxygen atoms in total. The maximum atomic E-state index is 5.63. The second kappa shape index (κ2) is 7.92. The van der Waals surface area contributed by atoms with Gasteiger partial charge in [-0.2, -0.15) is 0 Å². The number of benzene rings is 1. The summed E-state index contributed by atoms with van der Waals surface area (Å²) in [7, 11) is 0. The lowest BCUT2D eigenvalue weighted by atomic mass is 10.3. The zero-order valence-corrected chi connectivity index (χ0v) is 12.3. The summed E-state index contributed by atoms with van der Waals surface area (Å²) < 4.78 is 6.67. The normalized spacial score (nSPS) is 10.4. The molecule has 0 bridgehead atoms. The van der Waals surface area contributed by atoms with E-state index in [4.69, 9.17) is 4.74 Å². The maximum absolute atomic E-state index is 5.63. The van der Waals surface area contributed by atoms with Crippen LogP contribution in [0.1, 0.15) is 5.69 Å². The standard InChI is InChI=1S/C15H17BrN2O/c16-13-4-3-6-15(12-13)19-11-10-17-9-7-14-5-1-2-8-18-14/h1-6,8,12,17H,7,9-11H2. The third kappa shape index (κ3) is 5.41. The lowest BCUT2D eigenvalue weighted by Crippen LogP contribution is -2.23. The maximum Gasteiger partial charge on any atom is 0.120 e. The minimum absolute atomic E-state index is 0.665. The highest BCUT2D eigenvalue weighted by Gasteiger charge is 1.95. The van der Waals surface area contributed by atoms with Crippen molar-refractivity contribution < 1.29 is 4.74 Å².